The second-order valence-electron chi connectivity index (χ2n) is 6.03. The first-order valence-corrected chi connectivity index (χ1v) is 7.32. The average Bonchev–Trinajstić information content (AvgIpc) is 3.18. The summed E-state index contributed by atoms with van der Waals surface area (Å²) in [6, 6.07) is 2.03. The summed E-state index contributed by atoms with van der Waals surface area (Å²) in [5, 5.41) is 20.1. The average molecular weight is 278 g/mol. The van der Waals surface area contributed by atoms with Gasteiger partial charge >= 0.3 is 0 Å². The molecule has 2 fully saturated rings. The number of hydrogen-bond donors (Lipinski definition) is 3. The van der Waals surface area contributed by atoms with E-state index in [0.29, 0.717) is 25.4 Å². The van der Waals surface area contributed by atoms with Gasteiger partial charge in [0.25, 0.3) is 0 Å². The van der Waals surface area contributed by atoms with Crippen LogP contribution in [-0.2, 0) is 11.3 Å². The van der Waals surface area contributed by atoms with E-state index in [2.05, 4.69) is 20.4 Å². The van der Waals surface area contributed by atoms with Crippen molar-refractivity contribution in [2.45, 2.75) is 37.8 Å². The van der Waals surface area contributed by atoms with Crippen LogP contribution in [0.15, 0.2) is 6.07 Å². The van der Waals surface area contributed by atoms with Crippen molar-refractivity contribution in [3.8, 4) is 0 Å². The number of aliphatic hydroxyl groups excluding tert-OH is 1. The zero-order valence-electron chi connectivity index (χ0n) is 11.8. The second kappa shape index (κ2) is 5.54. The number of likely N-dealkylation sites (tertiary alicyclic amines) is 1. The molecule has 2 heterocycles. The van der Waals surface area contributed by atoms with Gasteiger partial charge in [-0.1, -0.05) is 0 Å². The molecule has 0 bridgehead atoms. The quantitative estimate of drug-likeness (QED) is 0.736. The summed E-state index contributed by atoms with van der Waals surface area (Å²) in [4.78, 5) is 14.2. The van der Waals surface area contributed by atoms with Crippen LogP contribution in [0.25, 0.3) is 0 Å². The second-order valence-corrected chi connectivity index (χ2v) is 6.03. The fourth-order valence-corrected chi connectivity index (χ4v) is 2.73. The molecule has 3 rings (SSSR count). The third-order valence-corrected chi connectivity index (χ3v) is 4.22. The van der Waals surface area contributed by atoms with Crippen molar-refractivity contribution in [3.05, 3.63) is 17.5 Å². The zero-order chi connectivity index (χ0) is 14.1. The number of nitrogens with one attached hydrogen (secondary N) is 2. The van der Waals surface area contributed by atoms with Crippen LogP contribution >= 0.6 is 0 Å². The summed E-state index contributed by atoms with van der Waals surface area (Å²) < 4.78 is 0. The lowest BCUT2D eigenvalue weighted by Gasteiger charge is -2.32. The van der Waals surface area contributed by atoms with Crippen molar-refractivity contribution in [1.29, 1.82) is 0 Å². The first kappa shape index (κ1) is 13.6. The molecule has 2 atom stereocenters. The Morgan fingerprint density at radius 2 is 2.35 bits per heavy atom. The van der Waals surface area contributed by atoms with Crippen molar-refractivity contribution < 1.29 is 9.90 Å². The molecule has 1 aromatic heterocycles. The van der Waals surface area contributed by atoms with E-state index in [9.17, 15) is 9.90 Å². The van der Waals surface area contributed by atoms with Gasteiger partial charge in [-0.25, -0.2) is 0 Å². The van der Waals surface area contributed by atoms with Crippen LogP contribution in [0.5, 0.6) is 0 Å². The molecule has 1 aliphatic heterocycles. The van der Waals surface area contributed by atoms with Gasteiger partial charge in [0.15, 0.2) is 0 Å². The first-order valence-electron chi connectivity index (χ1n) is 7.32. The van der Waals surface area contributed by atoms with Gasteiger partial charge < -0.3 is 15.3 Å². The molecular formula is C14H22N4O2. The lowest BCUT2D eigenvalue weighted by Crippen LogP contribution is -2.48. The van der Waals surface area contributed by atoms with Gasteiger partial charge in [0, 0.05) is 19.0 Å². The topological polar surface area (TPSA) is 81.2 Å². The van der Waals surface area contributed by atoms with E-state index in [-0.39, 0.29) is 11.8 Å². The Labute approximate surface area is 118 Å². The van der Waals surface area contributed by atoms with Crippen LogP contribution in [0.2, 0.25) is 0 Å². The maximum absolute atomic E-state index is 12.1. The summed E-state index contributed by atoms with van der Waals surface area (Å²) in [5.74, 6) is 0.204. The van der Waals surface area contributed by atoms with Crippen LogP contribution in [0.4, 0.5) is 0 Å². The molecule has 3 N–H and O–H groups in total. The number of aromatic amines is 1. The van der Waals surface area contributed by atoms with E-state index < -0.39 is 6.10 Å². The number of carbonyl (C=O) groups is 1. The summed E-state index contributed by atoms with van der Waals surface area (Å²) in [6.07, 6.45) is 2.56. The predicted octanol–water partition coefficient (Wildman–Crippen LogP) is 0.216. The molecule has 0 radical (unpaired) electrons. The van der Waals surface area contributed by atoms with E-state index in [1.165, 1.54) is 12.8 Å². The van der Waals surface area contributed by atoms with E-state index in [1.807, 2.05) is 13.1 Å². The standard InChI is InChI=1S/C14H22N4O2/c1-18-5-4-13(19)11(8-18)14(20)15-7-10-6-12(17-16-10)9-2-3-9/h6,9,11,13,19H,2-5,7-8H2,1H3,(H,15,20)(H,16,17)/t11-,13+/m1/s1. The monoisotopic (exact) mass is 278 g/mol. The van der Waals surface area contributed by atoms with Gasteiger partial charge in [-0.15, -0.1) is 0 Å². The van der Waals surface area contributed by atoms with Gasteiger partial charge in [-0.2, -0.15) is 5.10 Å². The third-order valence-electron chi connectivity index (χ3n) is 4.22. The minimum absolute atomic E-state index is 0.0772. The van der Waals surface area contributed by atoms with E-state index in [0.717, 1.165) is 17.9 Å². The highest BCUT2D eigenvalue weighted by Gasteiger charge is 2.31. The summed E-state index contributed by atoms with van der Waals surface area (Å²) in [5.41, 5.74) is 2.03. The molecule has 6 nitrogen and oxygen atoms in total. The lowest BCUT2D eigenvalue weighted by molar-refractivity contribution is -0.131. The zero-order valence-corrected chi connectivity index (χ0v) is 11.8. The minimum atomic E-state index is -0.532. The smallest absolute Gasteiger partial charge is 0.227 e. The van der Waals surface area contributed by atoms with Gasteiger partial charge in [0.1, 0.15) is 0 Å². The molecular weight excluding hydrogens is 256 g/mol. The minimum Gasteiger partial charge on any atom is -0.392 e. The fourth-order valence-electron chi connectivity index (χ4n) is 2.73. The normalized spacial score (nSPS) is 27.5. The number of hydrogen-bond acceptors (Lipinski definition) is 4. The molecule has 0 spiro atoms. The highest BCUT2D eigenvalue weighted by molar-refractivity contribution is 5.79. The van der Waals surface area contributed by atoms with E-state index >= 15 is 0 Å². The third kappa shape index (κ3) is 3.02. The Morgan fingerprint density at radius 3 is 3.10 bits per heavy atom. The number of carbonyl (C=O) groups excluding carboxylic acids is 1. The highest BCUT2D eigenvalue weighted by atomic mass is 16.3. The molecule has 1 saturated carbocycles. The molecule has 110 valence electrons. The maximum Gasteiger partial charge on any atom is 0.227 e. The van der Waals surface area contributed by atoms with Crippen LogP contribution < -0.4 is 5.32 Å². The molecule has 1 aliphatic carbocycles. The maximum atomic E-state index is 12.1. The molecule has 0 aromatic carbocycles. The largest absolute Gasteiger partial charge is 0.392 e. The molecule has 1 saturated heterocycles. The van der Waals surface area contributed by atoms with Crippen LogP contribution in [-0.4, -0.2) is 52.4 Å². The van der Waals surface area contributed by atoms with Crippen molar-refractivity contribution in [1.82, 2.24) is 20.4 Å². The summed E-state index contributed by atoms with van der Waals surface area (Å²) >= 11 is 0. The molecule has 0 unspecified atom stereocenters. The van der Waals surface area contributed by atoms with Crippen LogP contribution in [0.3, 0.4) is 0 Å². The number of aliphatic hydroxyl groups is 1. The van der Waals surface area contributed by atoms with E-state index in [1.54, 1.807) is 0 Å². The fraction of sp³-hybridized carbons (Fsp3) is 0.714. The number of aromatic nitrogens is 2. The summed E-state index contributed by atoms with van der Waals surface area (Å²) in [7, 11) is 1.98. The Balaban J connectivity index is 1.52. The predicted molar refractivity (Wildman–Crippen MR) is 74.0 cm³/mol. The number of rotatable bonds is 4. The number of nitrogens with zero attached hydrogens (tertiary/aromatic N) is 2. The van der Waals surface area contributed by atoms with Gasteiger partial charge in [0.2, 0.25) is 5.91 Å². The molecule has 20 heavy (non-hydrogen) atoms. The van der Waals surface area contributed by atoms with Crippen molar-refractivity contribution >= 4 is 5.91 Å². The number of piperidine rings is 1. The molecule has 1 amide bonds. The molecule has 2 aliphatic rings. The Hall–Kier alpha value is -1.40. The molecule has 6 heteroatoms. The van der Waals surface area contributed by atoms with E-state index in [4.69, 9.17) is 0 Å². The van der Waals surface area contributed by atoms with Gasteiger partial charge in [-0.3, -0.25) is 9.89 Å². The highest BCUT2D eigenvalue weighted by Crippen LogP contribution is 2.38. The first-order chi connectivity index (χ1) is 9.63. The number of H-pyrrole nitrogens is 1. The van der Waals surface area contributed by atoms with Gasteiger partial charge in [0.05, 0.1) is 30.0 Å². The Bertz CT molecular complexity index is 483. The SMILES string of the molecule is CN1CC[C@H](O)[C@H](C(=O)NCc2cc(C3CC3)n[nH]2)C1. The Kier molecular flexibility index (Phi) is 3.76. The lowest BCUT2D eigenvalue weighted by atomic mass is 9.94. The van der Waals surface area contributed by atoms with Crippen molar-refractivity contribution in [2.24, 2.45) is 5.92 Å². The van der Waals surface area contributed by atoms with Gasteiger partial charge in [-0.05, 0) is 32.4 Å². The summed E-state index contributed by atoms with van der Waals surface area (Å²) in [6.45, 7) is 1.91. The Morgan fingerprint density at radius 1 is 1.55 bits per heavy atom. The van der Waals surface area contributed by atoms with Crippen LogP contribution in [0, 0.1) is 5.92 Å². The van der Waals surface area contributed by atoms with Crippen molar-refractivity contribution in [2.75, 3.05) is 20.1 Å². The van der Waals surface area contributed by atoms with Crippen molar-refractivity contribution in [3.63, 3.8) is 0 Å². The molecule has 1 aromatic rings. The van der Waals surface area contributed by atoms with Crippen LogP contribution in [0.1, 0.15) is 36.6 Å². The number of amides is 1.